The summed E-state index contributed by atoms with van der Waals surface area (Å²) < 4.78 is 6.00. The van der Waals surface area contributed by atoms with E-state index in [-0.39, 0.29) is 5.41 Å². The van der Waals surface area contributed by atoms with E-state index in [1.165, 1.54) is 11.3 Å². The highest BCUT2D eigenvalue weighted by molar-refractivity contribution is 6.02. The summed E-state index contributed by atoms with van der Waals surface area (Å²) >= 11 is 0. The van der Waals surface area contributed by atoms with Crippen molar-refractivity contribution < 1.29 is 9.57 Å². The molecule has 1 spiro atoms. The van der Waals surface area contributed by atoms with E-state index < -0.39 is 5.72 Å². The Bertz CT molecular complexity index is 1090. The summed E-state index contributed by atoms with van der Waals surface area (Å²) in [5, 5.41) is 4.54. The van der Waals surface area contributed by atoms with E-state index in [9.17, 15) is 0 Å². The minimum atomic E-state index is -0.525. The number of anilines is 1. The van der Waals surface area contributed by atoms with Crippen LogP contribution in [0.1, 0.15) is 31.4 Å². The number of para-hydroxylation sites is 2. The van der Waals surface area contributed by atoms with Crippen molar-refractivity contribution in [1.29, 1.82) is 0 Å². The number of hydrogen-bond donors (Lipinski definition) is 0. The summed E-state index contributed by atoms with van der Waals surface area (Å²) in [6.45, 7) is 4.48. The molecule has 29 heavy (non-hydrogen) atoms. The molecular weight excluding hydrogens is 360 g/mol. The quantitative estimate of drug-likeness (QED) is 0.578. The molecule has 5 rings (SSSR count). The van der Waals surface area contributed by atoms with E-state index in [2.05, 4.69) is 61.3 Å². The van der Waals surface area contributed by atoms with Crippen LogP contribution in [0.25, 0.3) is 0 Å². The number of likely N-dealkylation sites (N-methyl/N-ethyl adjacent to an activating group) is 1. The third kappa shape index (κ3) is 2.63. The third-order valence-electron chi connectivity index (χ3n) is 6.32. The van der Waals surface area contributed by atoms with Crippen molar-refractivity contribution in [2.75, 3.05) is 11.9 Å². The predicted octanol–water partition coefficient (Wildman–Crippen LogP) is 5.73. The molecule has 146 valence electrons. The van der Waals surface area contributed by atoms with E-state index >= 15 is 0 Å². The first-order chi connectivity index (χ1) is 14.0. The van der Waals surface area contributed by atoms with E-state index in [0.29, 0.717) is 6.42 Å². The second-order valence-corrected chi connectivity index (χ2v) is 8.23. The highest BCUT2D eigenvalue weighted by atomic mass is 16.7. The first kappa shape index (κ1) is 17.8. The molecular formula is C25H24N2O2. The Hall–Kier alpha value is -3.27. The van der Waals surface area contributed by atoms with Crippen molar-refractivity contribution in [3.63, 3.8) is 0 Å². The van der Waals surface area contributed by atoms with Crippen molar-refractivity contribution in [1.82, 2.24) is 0 Å². The van der Waals surface area contributed by atoms with Crippen LogP contribution in [0.15, 0.2) is 84.0 Å². The third-order valence-corrected chi connectivity index (χ3v) is 6.32. The van der Waals surface area contributed by atoms with Crippen molar-refractivity contribution in [3.8, 4) is 11.5 Å². The first-order valence-electron chi connectivity index (χ1n) is 9.93. The standard InChI is InChI=1S/C25H24N2O2/c1-24(2)21-14-7-8-15-23(21)27(3)25(24)17-22(26-29-25)18-10-9-13-20(16-18)28-19-11-5-4-6-12-19/h4-16H,17H2,1-3H3/t25-/m0/s1. The number of nitrogens with zero attached hydrogens (tertiary/aromatic N) is 2. The van der Waals surface area contributed by atoms with Gasteiger partial charge in [0.15, 0.2) is 0 Å². The van der Waals surface area contributed by atoms with Gasteiger partial charge in [-0.2, -0.15) is 0 Å². The zero-order chi connectivity index (χ0) is 20.1. The molecule has 4 heteroatoms. The first-order valence-corrected chi connectivity index (χ1v) is 9.93. The number of oxime groups is 1. The molecule has 0 aromatic heterocycles. The van der Waals surface area contributed by atoms with Crippen LogP contribution in [0.2, 0.25) is 0 Å². The Morgan fingerprint density at radius 1 is 0.897 bits per heavy atom. The lowest BCUT2D eigenvalue weighted by Gasteiger charge is -2.40. The number of rotatable bonds is 3. The molecule has 3 aromatic rings. The van der Waals surface area contributed by atoms with Crippen molar-refractivity contribution in [2.24, 2.45) is 5.16 Å². The monoisotopic (exact) mass is 384 g/mol. The van der Waals surface area contributed by atoms with Gasteiger partial charge in [0, 0.05) is 18.3 Å². The molecule has 0 saturated heterocycles. The lowest BCUT2D eigenvalue weighted by atomic mass is 9.75. The minimum absolute atomic E-state index is 0.193. The predicted molar refractivity (Wildman–Crippen MR) is 116 cm³/mol. The van der Waals surface area contributed by atoms with Crippen LogP contribution in [0.4, 0.5) is 5.69 Å². The van der Waals surface area contributed by atoms with Crippen LogP contribution in [-0.4, -0.2) is 18.5 Å². The van der Waals surface area contributed by atoms with E-state index in [0.717, 1.165) is 22.8 Å². The zero-order valence-corrected chi connectivity index (χ0v) is 16.9. The van der Waals surface area contributed by atoms with Crippen LogP contribution >= 0.6 is 0 Å². The fourth-order valence-electron chi connectivity index (χ4n) is 4.57. The average molecular weight is 384 g/mol. The summed E-state index contributed by atoms with van der Waals surface area (Å²) in [4.78, 5) is 8.45. The maximum Gasteiger partial charge on any atom is 0.224 e. The largest absolute Gasteiger partial charge is 0.457 e. The van der Waals surface area contributed by atoms with Crippen LogP contribution < -0.4 is 9.64 Å². The minimum Gasteiger partial charge on any atom is -0.457 e. The number of fused-ring (bicyclic) bond motifs is 1. The topological polar surface area (TPSA) is 34.1 Å². The van der Waals surface area contributed by atoms with Gasteiger partial charge in [0.05, 0.1) is 17.5 Å². The summed E-state index contributed by atoms with van der Waals surface area (Å²) in [7, 11) is 2.10. The molecule has 0 amide bonds. The molecule has 0 unspecified atom stereocenters. The smallest absolute Gasteiger partial charge is 0.224 e. The summed E-state index contributed by atoms with van der Waals surface area (Å²) in [5.41, 5.74) is 3.74. The molecule has 3 aromatic carbocycles. The van der Waals surface area contributed by atoms with Crippen molar-refractivity contribution in [2.45, 2.75) is 31.4 Å². The Labute approximate surface area is 171 Å². The Morgan fingerprint density at radius 3 is 2.41 bits per heavy atom. The molecule has 2 aliphatic heterocycles. The summed E-state index contributed by atoms with van der Waals surface area (Å²) in [6.07, 6.45) is 0.708. The molecule has 4 nitrogen and oxygen atoms in total. The molecule has 0 fully saturated rings. The molecule has 2 heterocycles. The molecule has 0 N–H and O–H groups in total. The second-order valence-electron chi connectivity index (χ2n) is 8.23. The van der Waals surface area contributed by atoms with Gasteiger partial charge in [-0.05, 0) is 49.7 Å². The maximum absolute atomic E-state index is 6.21. The molecule has 0 saturated carbocycles. The van der Waals surface area contributed by atoms with E-state index in [1.54, 1.807) is 0 Å². The van der Waals surface area contributed by atoms with Gasteiger partial charge < -0.3 is 14.5 Å². The van der Waals surface area contributed by atoms with Gasteiger partial charge >= 0.3 is 0 Å². The normalized spacial score (nSPS) is 21.6. The lowest BCUT2D eigenvalue weighted by molar-refractivity contribution is -0.0591. The fourth-order valence-corrected chi connectivity index (χ4v) is 4.57. The highest BCUT2D eigenvalue weighted by Crippen LogP contribution is 2.55. The molecule has 0 aliphatic carbocycles. The Kier molecular flexibility index (Phi) is 3.91. The van der Waals surface area contributed by atoms with Gasteiger partial charge in [0.25, 0.3) is 0 Å². The highest BCUT2D eigenvalue weighted by Gasteiger charge is 2.61. The zero-order valence-electron chi connectivity index (χ0n) is 16.9. The molecule has 2 aliphatic rings. The molecule has 0 bridgehead atoms. The van der Waals surface area contributed by atoms with E-state index in [4.69, 9.17) is 9.57 Å². The van der Waals surface area contributed by atoms with E-state index in [1.807, 2.05) is 48.5 Å². The average Bonchev–Trinajstić information content (AvgIpc) is 3.27. The van der Waals surface area contributed by atoms with Crippen LogP contribution in [-0.2, 0) is 10.3 Å². The van der Waals surface area contributed by atoms with Gasteiger partial charge in [0.1, 0.15) is 11.5 Å². The van der Waals surface area contributed by atoms with Gasteiger partial charge in [0.2, 0.25) is 5.72 Å². The lowest BCUT2D eigenvalue weighted by Crippen LogP contribution is -2.54. The number of ether oxygens (including phenoxy) is 1. The molecule has 0 radical (unpaired) electrons. The van der Waals surface area contributed by atoms with Gasteiger partial charge in [-0.1, -0.05) is 53.7 Å². The van der Waals surface area contributed by atoms with Crippen molar-refractivity contribution >= 4 is 11.4 Å². The summed E-state index contributed by atoms with van der Waals surface area (Å²) in [6, 6.07) is 26.4. The Balaban J connectivity index is 1.44. The van der Waals surface area contributed by atoms with Gasteiger partial charge in [-0.25, -0.2) is 0 Å². The van der Waals surface area contributed by atoms with Crippen LogP contribution in [0, 0.1) is 0 Å². The Morgan fingerprint density at radius 2 is 1.62 bits per heavy atom. The second kappa shape index (κ2) is 6.38. The molecule has 1 atom stereocenters. The van der Waals surface area contributed by atoms with Crippen LogP contribution in [0.5, 0.6) is 11.5 Å². The maximum atomic E-state index is 6.21. The fraction of sp³-hybridized carbons (Fsp3) is 0.240. The number of benzene rings is 3. The van der Waals surface area contributed by atoms with Gasteiger partial charge in [-0.3, -0.25) is 0 Å². The van der Waals surface area contributed by atoms with Crippen molar-refractivity contribution in [3.05, 3.63) is 90.0 Å². The van der Waals surface area contributed by atoms with Gasteiger partial charge in [-0.15, -0.1) is 0 Å². The SMILES string of the molecule is CN1c2ccccc2C(C)(C)[C@@]12CC(c1cccc(Oc3ccccc3)c1)=NO2. The van der Waals surface area contributed by atoms with Crippen LogP contribution in [0.3, 0.4) is 0 Å². The summed E-state index contributed by atoms with van der Waals surface area (Å²) in [5.74, 6) is 1.61. The number of hydrogen-bond acceptors (Lipinski definition) is 4.